The summed E-state index contributed by atoms with van der Waals surface area (Å²) in [6.07, 6.45) is 3.46. The van der Waals surface area contributed by atoms with E-state index in [-0.39, 0.29) is 29.6 Å². The fraction of sp³-hybridized carbons (Fsp3) is 0.476. The molecule has 2 aliphatic rings. The van der Waals surface area contributed by atoms with Crippen molar-refractivity contribution in [1.82, 2.24) is 20.0 Å². The fourth-order valence-corrected chi connectivity index (χ4v) is 4.03. The van der Waals surface area contributed by atoms with Crippen molar-refractivity contribution in [2.45, 2.75) is 45.2 Å². The predicted molar refractivity (Wildman–Crippen MR) is 107 cm³/mol. The third-order valence-electron chi connectivity index (χ3n) is 5.60. The molecule has 1 aliphatic carbocycles. The molecule has 8 heteroatoms. The first-order valence-electron chi connectivity index (χ1n) is 9.99. The second-order valence-corrected chi connectivity index (χ2v) is 8.24. The highest BCUT2D eigenvalue weighted by Crippen LogP contribution is 2.29. The third-order valence-corrected chi connectivity index (χ3v) is 5.99. The molecule has 1 N–H and O–H groups in total. The van der Waals surface area contributed by atoms with Gasteiger partial charge in [0.2, 0.25) is 5.91 Å². The maximum atomic E-state index is 13.1. The van der Waals surface area contributed by atoms with Gasteiger partial charge in [0.15, 0.2) is 0 Å². The Labute approximate surface area is 174 Å². The summed E-state index contributed by atoms with van der Waals surface area (Å²) < 4.78 is 14.7. The molecular weight excluding hydrogens is 395 g/mol. The van der Waals surface area contributed by atoms with E-state index in [9.17, 15) is 14.0 Å². The van der Waals surface area contributed by atoms with Crippen LogP contribution in [0, 0.1) is 18.7 Å². The SMILES string of the molecule is Cc1nn(Cc2ccc(F)cc2)c(Cl)c1C(=O)N1CCC(NC(=O)C2CC2)CC1. The zero-order valence-corrected chi connectivity index (χ0v) is 17.1. The average molecular weight is 419 g/mol. The minimum atomic E-state index is -0.302. The molecule has 1 aromatic heterocycles. The molecule has 0 bridgehead atoms. The van der Waals surface area contributed by atoms with Crippen molar-refractivity contribution in [2.24, 2.45) is 5.92 Å². The lowest BCUT2D eigenvalue weighted by Crippen LogP contribution is -2.47. The van der Waals surface area contributed by atoms with Crippen LogP contribution in [0.2, 0.25) is 5.15 Å². The number of hydrogen-bond acceptors (Lipinski definition) is 3. The lowest BCUT2D eigenvalue weighted by Gasteiger charge is -2.32. The van der Waals surface area contributed by atoms with Crippen molar-refractivity contribution in [2.75, 3.05) is 13.1 Å². The van der Waals surface area contributed by atoms with Crippen LogP contribution in [0.4, 0.5) is 4.39 Å². The molecule has 29 heavy (non-hydrogen) atoms. The molecule has 0 radical (unpaired) electrons. The largest absolute Gasteiger partial charge is 0.353 e. The minimum Gasteiger partial charge on any atom is -0.353 e. The van der Waals surface area contributed by atoms with Gasteiger partial charge >= 0.3 is 0 Å². The summed E-state index contributed by atoms with van der Waals surface area (Å²) in [5.41, 5.74) is 1.84. The van der Waals surface area contributed by atoms with Crippen LogP contribution in [-0.4, -0.2) is 45.6 Å². The number of halogens is 2. The second kappa shape index (κ2) is 8.14. The molecule has 2 heterocycles. The Morgan fingerprint density at radius 3 is 2.45 bits per heavy atom. The van der Waals surface area contributed by atoms with Crippen LogP contribution in [0.3, 0.4) is 0 Å². The first-order valence-corrected chi connectivity index (χ1v) is 10.4. The number of nitrogens with zero attached hydrogens (tertiary/aromatic N) is 3. The number of rotatable bonds is 5. The minimum absolute atomic E-state index is 0.130. The summed E-state index contributed by atoms with van der Waals surface area (Å²) in [6.45, 7) is 3.28. The van der Waals surface area contributed by atoms with Crippen molar-refractivity contribution in [3.63, 3.8) is 0 Å². The Morgan fingerprint density at radius 1 is 1.17 bits per heavy atom. The number of carbonyl (C=O) groups excluding carboxylic acids is 2. The number of amides is 2. The Bertz CT molecular complexity index is 916. The highest BCUT2D eigenvalue weighted by atomic mass is 35.5. The van der Waals surface area contributed by atoms with Gasteiger partial charge in [0.25, 0.3) is 5.91 Å². The van der Waals surface area contributed by atoms with E-state index in [1.165, 1.54) is 12.1 Å². The van der Waals surface area contributed by atoms with Gasteiger partial charge in [-0.1, -0.05) is 23.7 Å². The van der Waals surface area contributed by atoms with Gasteiger partial charge in [-0.3, -0.25) is 9.59 Å². The van der Waals surface area contributed by atoms with Gasteiger partial charge in [0.05, 0.1) is 17.8 Å². The van der Waals surface area contributed by atoms with E-state index in [0.29, 0.717) is 36.0 Å². The standard InChI is InChI=1S/C21H24ClFN4O2/c1-13-18(19(22)27(25-13)12-14-2-6-16(23)7-3-14)21(29)26-10-8-17(9-11-26)24-20(28)15-4-5-15/h2-3,6-7,15,17H,4-5,8-12H2,1H3,(H,24,28). The zero-order chi connectivity index (χ0) is 20.5. The second-order valence-electron chi connectivity index (χ2n) is 7.88. The van der Waals surface area contributed by atoms with Crippen LogP contribution in [0.5, 0.6) is 0 Å². The van der Waals surface area contributed by atoms with Gasteiger partial charge in [-0.25, -0.2) is 9.07 Å². The summed E-state index contributed by atoms with van der Waals surface area (Å²) in [4.78, 5) is 26.8. The van der Waals surface area contributed by atoms with E-state index in [1.54, 1.807) is 28.6 Å². The molecule has 1 aromatic carbocycles. The van der Waals surface area contributed by atoms with E-state index < -0.39 is 0 Å². The Morgan fingerprint density at radius 2 is 1.83 bits per heavy atom. The zero-order valence-electron chi connectivity index (χ0n) is 16.3. The molecule has 1 saturated heterocycles. The maximum absolute atomic E-state index is 13.1. The van der Waals surface area contributed by atoms with Crippen molar-refractivity contribution in [3.8, 4) is 0 Å². The van der Waals surface area contributed by atoms with Crippen LogP contribution >= 0.6 is 11.6 Å². The van der Waals surface area contributed by atoms with Crippen LogP contribution in [-0.2, 0) is 11.3 Å². The highest BCUT2D eigenvalue weighted by Gasteiger charge is 2.33. The van der Waals surface area contributed by atoms with E-state index in [0.717, 1.165) is 31.2 Å². The van der Waals surface area contributed by atoms with Gasteiger partial charge in [-0.05, 0) is 50.3 Å². The normalized spacial score (nSPS) is 17.4. The van der Waals surface area contributed by atoms with Gasteiger partial charge in [0.1, 0.15) is 11.0 Å². The molecule has 154 valence electrons. The molecule has 2 fully saturated rings. The number of hydrogen-bond donors (Lipinski definition) is 1. The number of piperidine rings is 1. The quantitative estimate of drug-likeness (QED) is 0.811. The Hall–Kier alpha value is -2.41. The molecule has 1 saturated carbocycles. The smallest absolute Gasteiger partial charge is 0.258 e. The molecule has 6 nitrogen and oxygen atoms in total. The summed E-state index contributed by atoms with van der Waals surface area (Å²) in [7, 11) is 0. The van der Waals surface area contributed by atoms with Gasteiger partial charge in [-0.2, -0.15) is 5.10 Å². The monoisotopic (exact) mass is 418 g/mol. The number of carbonyl (C=O) groups is 2. The van der Waals surface area contributed by atoms with Gasteiger partial charge in [0, 0.05) is 25.0 Å². The van der Waals surface area contributed by atoms with E-state index in [1.807, 2.05) is 0 Å². The summed E-state index contributed by atoms with van der Waals surface area (Å²) in [5.74, 6) is -0.0901. The molecular formula is C21H24ClFN4O2. The van der Waals surface area contributed by atoms with Crippen molar-refractivity contribution >= 4 is 23.4 Å². The van der Waals surface area contributed by atoms with Crippen molar-refractivity contribution < 1.29 is 14.0 Å². The first-order chi connectivity index (χ1) is 13.9. The number of likely N-dealkylation sites (tertiary alicyclic amines) is 1. The lowest BCUT2D eigenvalue weighted by atomic mass is 10.0. The number of nitrogens with one attached hydrogen (secondary N) is 1. The number of aromatic nitrogens is 2. The van der Waals surface area contributed by atoms with E-state index in [4.69, 9.17) is 11.6 Å². The average Bonchev–Trinajstić information content (AvgIpc) is 3.51. The van der Waals surface area contributed by atoms with E-state index >= 15 is 0 Å². The molecule has 0 unspecified atom stereocenters. The topological polar surface area (TPSA) is 67.2 Å². The lowest BCUT2D eigenvalue weighted by molar-refractivity contribution is -0.123. The first kappa shape index (κ1) is 19.9. The molecule has 4 rings (SSSR count). The number of aryl methyl sites for hydroxylation is 1. The Kier molecular flexibility index (Phi) is 5.58. The van der Waals surface area contributed by atoms with Crippen LogP contribution in [0.25, 0.3) is 0 Å². The van der Waals surface area contributed by atoms with Crippen molar-refractivity contribution in [1.29, 1.82) is 0 Å². The predicted octanol–water partition coefficient (Wildman–Crippen LogP) is 3.16. The molecule has 2 amide bonds. The highest BCUT2D eigenvalue weighted by molar-refractivity contribution is 6.33. The molecule has 1 aliphatic heterocycles. The third kappa shape index (κ3) is 4.45. The molecule has 0 atom stereocenters. The fourth-order valence-electron chi connectivity index (χ4n) is 3.71. The molecule has 0 spiro atoms. The summed E-state index contributed by atoms with van der Waals surface area (Å²) in [5, 5.41) is 7.80. The number of benzene rings is 1. The van der Waals surface area contributed by atoms with Gasteiger partial charge < -0.3 is 10.2 Å². The molecule has 2 aromatic rings. The van der Waals surface area contributed by atoms with Gasteiger partial charge in [-0.15, -0.1) is 0 Å². The van der Waals surface area contributed by atoms with E-state index in [2.05, 4.69) is 10.4 Å². The van der Waals surface area contributed by atoms with Crippen LogP contribution in [0.15, 0.2) is 24.3 Å². The van der Waals surface area contributed by atoms with Crippen LogP contribution in [0.1, 0.15) is 47.3 Å². The van der Waals surface area contributed by atoms with Crippen molar-refractivity contribution in [3.05, 3.63) is 52.1 Å². The van der Waals surface area contributed by atoms with Crippen LogP contribution < -0.4 is 5.32 Å². The summed E-state index contributed by atoms with van der Waals surface area (Å²) in [6, 6.07) is 6.25. The maximum Gasteiger partial charge on any atom is 0.258 e. The Balaban J connectivity index is 1.40. The summed E-state index contributed by atoms with van der Waals surface area (Å²) >= 11 is 6.49.